The second-order valence-corrected chi connectivity index (χ2v) is 4.19. The number of rotatable bonds is 2. The van der Waals surface area contributed by atoms with Gasteiger partial charge < -0.3 is 5.32 Å². The molecule has 0 fully saturated rings. The van der Waals surface area contributed by atoms with Gasteiger partial charge in [0.25, 0.3) is 0 Å². The van der Waals surface area contributed by atoms with E-state index in [0.717, 1.165) is 6.54 Å². The number of nitrogens with one attached hydrogen (secondary N) is 1. The molecule has 1 nitrogen and oxygen atoms in total. The summed E-state index contributed by atoms with van der Waals surface area (Å²) >= 11 is 8.90. The van der Waals surface area contributed by atoms with Gasteiger partial charge in [0, 0.05) is 22.5 Å². The summed E-state index contributed by atoms with van der Waals surface area (Å²) in [5.74, 6) is 5.25. The van der Waals surface area contributed by atoms with Crippen LogP contribution in [0.4, 0.5) is 4.39 Å². The van der Waals surface area contributed by atoms with E-state index in [0.29, 0.717) is 21.5 Å². The van der Waals surface area contributed by atoms with E-state index in [1.54, 1.807) is 6.07 Å². The van der Waals surface area contributed by atoms with Crippen molar-refractivity contribution in [2.24, 2.45) is 0 Å². The summed E-state index contributed by atoms with van der Waals surface area (Å²) in [4.78, 5) is 0. The summed E-state index contributed by atoms with van der Waals surface area (Å²) in [7, 11) is 1.85. The number of benzene rings is 1. The molecule has 0 aliphatic heterocycles. The highest BCUT2D eigenvalue weighted by atomic mass is 79.9. The molecule has 1 N–H and O–H groups in total. The van der Waals surface area contributed by atoms with E-state index < -0.39 is 5.82 Å². The van der Waals surface area contributed by atoms with Crippen LogP contribution in [-0.2, 0) is 0 Å². The normalized spacial score (nSPS) is 9.60. The second-order valence-electron chi connectivity index (χ2n) is 2.90. The molecule has 0 amide bonds. The van der Waals surface area contributed by atoms with Crippen molar-refractivity contribution in [3.8, 4) is 11.8 Å². The minimum Gasteiger partial charge on any atom is -0.319 e. The van der Waals surface area contributed by atoms with Crippen molar-refractivity contribution in [3.63, 3.8) is 0 Å². The van der Waals surface area contributed by atoms with Gasteiger partial charge >= 0.3 is 0 Å². The van der Waals surface area contributed by atoms with E-state index in [-0.39, 0.29) is 0 Å². The molecule has 0 atom stereocenters. The Kier molecular flexibility index (Phi) is 5.10. The molecule has 0 aromatic heterocycles. The van der Waals surface area contributed by atoms with Gasteiger partial charge in [-0.1, -0.05) is 23.4 Å². The molecule has 1 aromatic rings. The minimum absolute atomic E-state index is 0.357. The van der Waals surface area contributed by atoms with Crippen molar-refractivity contribution in [2.45, 2.75) is 6.42 Å². The van der Waals surface area contributed by atoms with E-state index >= 15 is 0 Å². The quantitative estimate of drug-likeness (QED) is 0.651. The highest BCUT2D eigenvalue weighted by molar-refractivity contribution is 9.10. The van der Waals surface area contributed by atoms with Crippen molar-refractivity contribution in [1.82, 2.24) is 5.32 Å². The maximum absolute atomic E-state index is 13.4. The lowest BCUT2D eigenvalue weighted by atomic mass is 10.2. The Morgan fingerprint density at radius 1 is 1.53 bits per heavy atom. The van der Waals surface area contributed by atoms with Gasteiger partial charge in [-0.2, -0.15) is 0 Å². The van der Waals surface area contributed by atoms with Gasteiger partial charge in [-0.3, -0.25) is 0 Å². The lowest BCUT2D eigenvalue weighted by Gasteiger charge is -1.99. The third-order valence-electron chi connectivity index (χ3n) is 1.72. The molecule has 0 heterocycles. The molecule has 0 unspecified atom stereocenters. The zero-order chi connectivity index (χ0) is 11.3. The molecule has 0 spiro atoms. The third kappa shape index (κ3) is 3.83. The van der Waals surface area contributed by atoms with Crippen molar-refractivity contribution < 1.29 is 4.39 Å². The monoisotopic (exact) mass is 289 g/mol. The van der Waals surface area contributed by atoms with Crippen LogP contribution in [0.1, 0.15) is 12.0 Å². The fraction of sp³-hybridized carbons (Fsp3) is 0.273. The molecule has 1 rings (SSSR count). The molecular formula is C11H10BrClFN. The zero-order valence-corrected chi connectivity index (χ0v) is 10.5. The summed E-state index contributed by atoms with van der Waals surface area (Å²) in [5, 5.41) is 3.32. The SMILES string of the molecule is CNCCC#Cc1c(F)cc(Cl)cc1Br. The first-order valence-corrected chi connectivity index (χ1v) is 5.60. The van der Waals surface area contributed by atoms with Gasteiger partial charge in [0.05, 0.1) is 5.56 Å². The van der Waals surface area contributed by atoms with Crippen molar-refractivity contribution >= 4 is 27.5 Å². The third-order valence-corrected chi connectivity index (χ3v) is 2.56. The van der Waals surface area contributed by atoms with Crippen molar-refractivity contribution in [3.05, 3.63) is 33.0 Å². The Labute approximate surface area is 102 Å². The van der Waals surface area contributed by atoms with E-state index in [1.807, 2.05) is 7.05 Å². The lowest BCUT2D eigenvalue weighted by molar-refractivity contribution is 0.623. The highest BCUT2D eigenvalue weighted by Gasteiger charge is 2.05. The fourth-order valence-corrected chi connectivity index (χ4v) is 1.87. The summed E-state index contributed by atoms with van der Waals surface area (Å²) in [5.41, 5.74) is 0.357. The first-order valence-electron chi connectivity index (χ1n) is 4.43. The van der Waals surface area contributed by atoms with Crippen LogP contribution in [0.15, 0.2) is 16.6 Å². The van der Waals surface area contributed by atoms with Gasteiger partial charge in [0.2, 0.25) is 0 Å². The van der Waals surface area contributed by atoms with Crippen LogP contribution in [-0.4, -0.2) is 13.6 Å². The predicted octanol–water partition coefficient (Wildman–Crippen LogP) is 3.20. The molecule has 0 aliphatic carbocycles. The second kappa shape index (κ2) is 6.12. The highest BCUT2D eigenvalue weighted by Crippen LogP contribution is 2.23. The zero-order valence-electron chi connectivity index (χ0n) is 8.20. The Morgan fingerprint density at radius 3 is 2.87 bits per heavy atom. The van der Waals surface area contributed by atoms with E-state index in [1.165, 1.54) is 6.07 Å². The molecule has 0 saturated heterocycles. The van der Waals surface area contributed by atoms with Crippen LogP contribution in [0.3, 0.4) is 0 Å². The standard InChI is InChI=1S/C11H10BrClFN/c1-15-5-3-2-4-9-10(12)6-8(13)7-11(9)14/h6-7,15H,3,5H2,1H3. The smallest absolute Gasteiger partial charge is 0.141 e. The van der Waals surface area contributed by atoms with Crippen LogP contribution in [0, 0.1) is 17.7 Å². The Morgan fingerprint density at radius 2 is 2.27 bits per heavy atom. The maximum Gasteiger partial charge on any atom is 0.141 e. The summed E-state index contributed by atoms with van der Waals surface area (Å²) in [6.07, 6.45) is 0.686. The molecule has 80 valence electrons. The molecular weight excluding hydrogens is 280 g/mol. The fourth-order valence-electron chi connectivity index (χ4n) is 1.00. The Hall–Kier alpha value is -0.560. The molecule has 1 aromatic carbocycles. The van der Waals surface area contributed by atoms with Gasteiger partial charge in [-0.15, -0.1) is 0 Å². The molecule has 4 heteroatoms. The maximum atomic E-state index is 13.4. The summed E-state index contributed by atoms with van der Waals surface area (Å²) < 4.78 is 14.0. The van der Waals surface area contributed by atoms with Crippen LogP contribution in [0.2, 0.25) is 5.02 Å². The predicted molar refractivity (Wildman–Crippen MR) is 64.5 cm³/mol. The number of hydrogen-bond donors (Lipinski definition) is 1. The van der Waals surface area contributed by atoms with E-state index in [9.17, 15) is 4.39 Å². The van der Waals surface area contributed by atoms with Crippen LogP contribution < -0.4 is 5.32 Å². The largest absolute Gasteiger partial charge is 0.319 e. The summed E-state index contributed by atoms with van der Waals surface area (Å²) in [6, 6.07) is 2.89. The summed E-state index contributed by atoms with van der Waals surface area (Å²) in [6.45, 7) is 0.791. The van der Waals surface area contributed by atoms with Gasteiger partial charge in [-0.05, 0) is 35.1 Å². The van der Waals surface area contributed by atoms with E-state index in [4.69, 9.17) is 11.6 Å². The van der Waals surface area contributed by atoms with Crippen LogP contribution in [0.25, 0.3) is 0 Å². The molecule has 0 bridgehead atoms. The number of hydrogen-bond acceptors (Lipinski definition) is 1. The average Bonchev–Trinajstić information content (AvgIpc) is 2.15. The van der Waals surface area contributed by atoms with Gasteiger partial charge in [0.15, 0.2) is 0 Å². The van der Waals surface area contributed by atoms with Crippen LogP contribution in [0.5, 0.6) is 0 Å². The molecule has 0 radical (unpaired) electrons. The first-order chi connectivity index (χ1) is 7.15. The molecule has 0 aliphatic rings. The van der Waals surface area contributed by atoms with Gasteiger partial charge in [0.1, 0.15) is 5.82 Å². The van der Waals surface area contributed by atoms with Crippen LogP contribution >= 0.6 is 27.5 Å². The first kappa shape index (κ1) is 12.5. The Bertz CT molecular complexity index is 386. The van der Waals surface area contributed by atoms with E-state index in [2.05, 4.69) is 33.1 Å². The van der Waals surface area contributed by atoms with Crippen molar-refractivity contribution in [1.29, 1.82) is 0 Å². The van der Waals surface area contributed by atoms with Gasteiger partial charge in [-0.25, -0.2) is 4.39 Å². The Balaban J connectivity index is 2.88. The topological polar surface area (TPSA) is 12.0 Å². The molecule has 0 saturated carbocycles. The number of halogens is 3. The average molecular weight is 291 g/mol. The minimum atomic E-state index is -0.397. The lowest BCUT2D eigenvalue weighted by Crippen LogP contribution is -2.05. The van der Waals surface area contributed by atoms with Crippen molar-refractivity contribution in [2.75, 3.05) is 13.6 Å². The molecule has 15 heavy (non-hydrogen) atoms.